The number of H-pyrrole nitrogens is 1. The van der Waals surface area contributed by atoms with Crippen LogP contribution in [0.5, 0.6) is 11.5 Å². The van der Waals surface area contributed by atoms with Gasteiger partial charge in [0.05, 0.1) is 18.7 Å². The van der Waals surface area contributed by atoms with Crippen molar-refractivity contribution in [3.05, 3.63) is 104 Å². The number of rotatable bonds is 11. The summed E-state index contributed by atoms with van der Waals surface area (Å²) in [5.41, 5.74) is 7.27. The van der Waals surface area contributed by atoms with E-state index in [0.717, 1.165) is 25.7 Å². The van der Waals surface area contributed by atoms with Crippen LogP contribution in [-0.2, 0) is 25.7 Å². The van der Waals surface area contributed by atoms with E-state index in [1.54, 1.807) is 31.4 Å². The molecule has 40 heavy (non-hydrogen) atoms. The average Bonchev–Trinajstić information content (AvgIpc) is 3.39. The van der Waals surface area contributed by atoms with Crippen molar-refractivity contribution in [2.45, 2.75) is 57.8 Å². The minimum absolute atomic E-state index is 0.00955. The molecule has 0 amide bonds. The molecule has 0 saturated carbocycles. The Kier molecular flexibility index (Phi) is 8.54. The quantitative estimate of drug-likeness (QED) is 0.222. The summed E-state index contributed by atoms with van der Waals surface area (Å²) in [6.07, 6.45) is 2.34. The van der Waals surface area contributed by atoms with E-state index in [4.69, 9.17) is 9.47 Å². The van der Waals surface area contributed by atoms with Crippen LogP contribution in [0.2, 0.25) is 0 Å². The number of ether oxygens (including phenoxy) is 2. The number of hydrogen-bond donors (Lipinski definition) is 4. The highest BCUT2D eigenvalue weighted by molar-refractivity contribution is 5.87. The number of aryl methyl sites for hydroxylation is 2. The monoisotopic (exact) mass is 542 g/mol. The standard InChI is InChI=1S/C33H38N2O5/c1-4-20-13-23-15-25(16-24(23)14-21(20)5-2)34-18-29(36)27-9-11-31(33-28(27)10-12-32(38)35-33)40-19-30(37)22-7-6-8-26(17-22)39-3/h6-14,17,25,29-30,34,36-37H,4-5,15-16,18-19H2,1-3H3,(H,35,38)/t29-,30-/m1/s1. The highest BCUT2D eigenvalue weighted by atomic mass is 16.5. The van der Waals surface area contributed by atoms with Crippen LogP contribution >= 0.6 is 0 Å². The number of methoxy groups -OCH3 is 1. The Morgan fingerprint density at radius 1 is 0.950 bits per heavy atom. The first-order valence-corrected chi connectivity index (χ1v) is 14.1. The molecular formula is C33H38N2O5. The topological polar surface area (TPSA) is 104 Å². The van der Waals surface area contributed by atoms with E-state index < -0.39 is 12.2 Å². The fraction of sp³-hybridized carbons (Fsp3) is 0.364. The van der Waals surface area contributed by atoms with Gasteiger partial charge in [0.15, 0.2) is 0 Å². The van der Waals surface area contributed by atoms with Crippen molar-refractivity contribution in [3.63, 3.8) is 0 Å². The third kappa shape index (κ3) is 5.92. The molecule has 3 aromatic carbocycles. The van der Waals surface area contributed by atoms with Crippen molar-refractivity contribution >= 4 is 10.9 Å². The van der Waals surface area contributed by atoms with Gasteiger partial charge in [0.25, 0.3) is 0 Å². The molecule has 210 valence electrons. The summed E-state index contributed by atoms with van der Waals surface area (Å²) in [7, 11) is 1.58. The summed E-state index contributed by atoms with van der Waals surface area (Å²) in [6.45, 7) is 4.80. The molecule has 7 heteroatoms. The van der Waals surface area contributed by atoms with E-state index in [2.05, 4.69) is 36.3 Å². The molecule has 4 aromatic rings. The molecule has 0 fully saturated rings. The number of pyridine rings is 1. The predicted molar refractivity (Wildman–Crippen MR) is 157 cm³/mol. The Hall–Kier alpha value is -3.65. The molecular weight excluding hydrogens is 504 g/mol. The maximum absolute atomic E-state index is 12.2. The molecule has 7 nitrogen and oxygen atoms in total. The Morgan fingerprint density at radius 3 is 2.35 bits per heavy atom. The van der Waals surface area contributed by atoms with Crippen molar-refractivity contribution in [1.82, 2.24) is 10.3 Å². The summed E-state index contributed by atoms with van der Waals surface area (Å²) in [5, 5.41) is 26.1. The first-order valence-electron chi connectivity index (χ1n) is 14.1. The number of aliphatic hydroxyl groups excluding tert-OH is 2. The zero-order valence-electron chi connectivity index (χ0n) is 23.4. The maximum Gasteiger partial charge on any atom is 0.248 e. The van der Waals surface area contributed by atoms with Crippen LogP contribution in [0.3, 0.4) is 0 Å². The van der Waals surface area contributed by atoms with Crippen molar-refractivity contribution in [1.29, 1.82) is 0 Å². The number of nitrogens with one attached hydrogen (secondary N) is 2. The summed E-state index contributed by atoms with van der Waals surface area (Å²) in [5.74, 6) is 1.08. The highest BCUT2D eigenvalue weighted by Gasteiger charge is 2.24. The normalized spacial score (nSPS) is 14.7. The number of aromatic nitrogens is 1. The molecule has 2 atom stereocenters. The van der Waals surface area contributed by atoms with Crippen LogP contribution in [0, 0.1) is 0 Å². The van der Waals surface area contributed by atoms with Gasteiger partial charge in [-0.25, -0.2) is 0 Å². The van der Waals surface area contributed by atoms with Gasteiger partial charge in [-0.2, -0.15) is 0 Å². The Bertz CT molecular complexity index is 1510. The second-order valence-electron chi connectivity index (χ2n) is 10.5. The van der Waals surface area contributed by atoms with Crippen molar-refractivity contribution in [2.75, 3.05) is 20.3 Å². The second kappa shape index (κ2) is 12.3. The minimum atomic E-state index is -0.882. The SMILES string of the molecule is CCc1cc2c(cc1CC)CC(NC[C@@H](O)c1ccc(OC[C@@H](O)c3cccc(OC)c3)c3[nH]c(=O)ccc13)C2. The third-order valence-electron chi connectivity index (χ3n) is 7.94. The lowest BCUT2D eigenvalue weighted by Crippen LogP contribution is -2.33. The largest absolute Gasteiger partial charge is 0.497 e. The first-order chi connectivity index (χ1) is 19.4. The van der Waals surface area contributed by atoms with Crippen LogP contribution in [0.25, 0.3) is 10.9 Å². The highest BCUT2D eigenvalue weighted by Crippen LogP contribution is 2.31. The van der Waals surface area contributed by atoms with Gasteiger partial charge in [0.2, 0.25) is 5.56 Å². The van der Waals surface area contributed by atoms with Crippen molar-refractivity contribution in [2.24, 2.45) is 0 Å². The summed E-state index contributed by atoms with van der Waals surface area (Å²) < 4.78 is 11.2. The molecule has 0 bridgehead atoms. The van der Waals surface area contributed by atoms with Gasteiger partial charge in [0.1, 0.15) is 24.2 Å². The van der Waals surface area contributed by atoms with E-state index >= 15 is 0 Å². The molecule has 0 unspecified atom stereocenters. The van der Waals surface area contributed by atoms with Gasteiger partial charge in [-0.3, -0.25) is 4.79 Å². The number of benzene rings is 3. The van der Waals surface area contributed by atoms with Crippen molar-refractivity contribution in [3.8, 4) is 11.5 Å². The first kappa shape index (κ1) is 27.9. The molecule has 1 aliphatic rings. The van der Waals surface area contributed by atoms with E-state index in [1.807, 2.05) is 18.2 Å². The van der Waals surface area contributed by atoms with Crippen LogP contribution in [0.15, 0.2) is 65.5 Å². The molecule has 1 heterocycles. The van der Waals surface area contributed by atoms with Gasteiger partial charge in [-0.05, 0) is 83.3 Å². The number of aliphatic hydroxyl groups is 2. The third-order valence-corrected chi connectivity index (χ3v) is 7.94. The lowest BCUT2D eigenvalue weighted by atomic mass is 9.97. The molecule has 5 rings (SSSR count). The summed E-state index contributed by atoms with van der Waals surface area (Å²) >= 11 is 0. The zero-order chi connectivity index (χ0) is 28.2. The summed E-state index contributed by atoms with van der Waals surface area (Å²) in [6, 6.07) is 18.9. The number of aromatic amines is 1. The van der Waals surface area contributed by atoms with Gasteiger partial charge < -0.3 is 30.0 Å². The second-order valence-corrected chi connectivity index (χ2v) is 10.5. The predicted octanol–water partition coefficient (Wildman–Crippen LogP) is 4.56. The van der Waals surface area contributed by atoms with E-state index in [0.29, 0.717) is 40.1 Å². The lowest BCUT2D eigenvalue weighted by molar-refractivity contribution is 0.108. The van der Waals surface area contributed by atoms with Gasteiger partial charge in [0, 0.05) is 24.0 Å². The maximum atomic E-state index is 12.2. The number of fused-ring (bicyclic) bond motifs is 2. The fourth-order valence-corrected chi connectivity index (χ4v) is 5.74. The van der Waals surface area contributed by atoms with Crippen LogP contribution in [-0.4, -0.2) is 41.5 Å². The average molecular weight is 543 g/mol. The van der Waals surface area contributed by atoms with Crippen LogP contribution in [0.4, 0.5) is 0 Å². The van der Waals surface area contributed by atoms with Crippen molar-refractivity contribution < 1.29 is 19.7 Å². The Labute approximate surface area is 234 Å². The smallest absolute Gasteiger partial charge is 0.248 e. The molecule has 1 aromatic heterocycles. The van der Waals surface area contributed by atoms with Gasteiger partial charge >= 0.3 is 0 Å². The van der Waals surface area contributed by atoms with Crippen LogP contribution < -0.4 is 20.3 Å². The molecule has 0 spiro atoms. The van der Waals surface area contributed by atoms with Crippen LogP contribution in [0.1, 0.15) is 59.4 Å². The van der Waals surface area contributed by atoms with E-state index in [9.17, 15) is 15.0 Å². The van der Waals surface area contributed by atoms with Gasteiger partial charge in [-0.1, -0.05) is 44.2 Å². The minimum Gasteiger partial charge on any atom is -0.497 e. The molecule has 0 saturated heterocycles. The molecule has 0 aliphatic heterocycles. The van der Waals surface area contributed by atoms with E-state index in [-0.39, 0.29) is 18.2 Å². The molecule has 4 N–H and O–H groups in total. The zero-order valence-corrected chi connectivity index (χ0v) is 23.4. The van der Waals surface area contributed by atoms with Gasteiger partial charge in [-0.15, -0.1) is 0 Å². The molecule has 1 aliphatic carbocycles. The van der Waals surface area contributed by atoms with E-state index in [1.165, 1.54) is 28.3 Å². The molecule has 0 radical (unpaired) electrons. The Morgan fingerprint density at radius 2 is 1.68 bits per heavy atom. The fourth-order valence-electron chi connectivity index (χ4n) is 5.74. The number of hydrogen-bond acceptors (Lipinski definition) is 6. The Balaban J connectivity index is 1.28. The lowest BCUT2D eigenvalue weighted by Gasteiger charge is -2.20. The summed E-state index contributed by atoms with van der Waals surface area (Å²) in [4.78, 5) is 15.0.